The Hall–Kier alpha value is -1.47. The zero-order valence-corrected chi connectivity index (χ0v) is 12.0. The molecule has 0 spiro atoms. The third kappa shape index (κ3) is 2.55. The summed E-state index contributed by atoms with van der Waals surface area (Å²) in [6, 6.07) is 0.351. The van der Waals surface area contributed by atoms with Crippen LogP contribution in [-0.4, -0.2) is 51.5 Å². The second-order valence-corrected chi connectivity index (χ2v) is 6.25. The van der Waals surface area contributed by atoms with Crippen LogP contribution in [0.4, 0.5) is 0 Å². The largest absolute Gasteiger partial charge is 0.338 e. The van der Waals surface area contributed by atoms with Crippen LogP contribution in [0.1, 0.15) is 38.4 Å². The molecule has 0 aliphatic carbocycles. The van der Waals surface area contributed by atoms with Crippen molar-refractivity contribution in [3.63, 3.8) is 0 Å². The number of nitrogens with zero attached hydrogens (tertiary/aromatic N) is 4. The minimum atomic E-state index is -0.585. The van der Waals surface area contributed by atoms with Crippen molar-refractivity contribution in [2.75, 3.05) is 19.6 Å². The Kier molecular flexibility index (Phi) is 3.25. The smallest absolute Gasteiger partial charge is 0.240 e. The highest BCUT2D eigenvalue weighted by molar-refractivity contribution is 5.78. The van der Waals surface area contributed by atoms with Crippen LogP contribution in [0.3, 0.4) is 0 Å². The van der Waals surface area contributed by atoms with Gasteiger partial charge in [-0.2, -0.15) is 4.98 Å². The predicted molar refractivity (Wildman–Crippen MR) is 71.5 cm³/mol. The van der Waals surface area contributed by atoms with Crippen LogP contribution in [0.15, 0.2) is 4.52 Å². The van der Waals surface area contributed by atoms with Gasteiger partial charge in [0.2, 0.25) is 11.8 Å². The van der Waals surface area contributed by atoms with Gasteiger partial charge in [-0.1, -0.05) is 5.16 Å². The maximum Gasteiger partial charge on any atom is 0.240 e. The molecule has 0 radical (unpaired) electrons. The highest BCUT2D eigenvalue weighted by atomic mass is 16.5. The molecule has 1 amide bonds. The summed E-state index contributed by atoms with van der Waals surface area (Å²) in [6.07, 6.45) is 1.64. The number of fused-ring (bicyclic) bond motifs is 1. The van der Waals surface area contributed by atoms with Crippen LogP contribution >= 0.6 is 0 Å². The van der Waals surface area contributed by atoms with Crippen molar-refractivity contribution in [1.29, 1.82) is 0 Å². The van der Waals surface area contributed by atoms with Crippen molar-refractivity contribution < 1.29 is 9.32 Å². The topological polar surface area (TPSA) is 88.5 Å². The van der Waals surface area contributed by atoms with E-state index in [-0.39, 0.29) is 0 Å². The molecule has 0 aromatic carbocycles. The number of carbonyl (C=O) groups is 1. The van der Waals surface area contributed by atoms with E-state index < -0.39 is 5.54 Å². The fraction of sp³-hybridized carbons (Fsp3) is 0.769. The van der Waals surface area contributed by atoms with Crippen LogP contribution in [0.5, 0.6) is 0 Å². The lowest BCUT2D eigenvalue weighted by molar-refractivity contribution is -0.130. The van der Waals surface area contributed by atoms with Gasteiger partial charge in [-0.05, 0) is 20.3 Å². The summed E-state index contributed by atoms with van der Waals surface area (Å²) in [7, 11) is 0. The maximum absolute atomic E-state index is 11.6. The van der Waals surface area contributed by atoms with Crippen molar-refractivity contribution in [1.82, 2.24) is 19.9 Å². The Bertz CT molecular complexity index is 507. The molecule has 2 aliphatic rings. The van der Waals surface area contributed by atoms with Gasteiger partial charge in [0.15, 0.2) is 5.82 Å². The van der Waals surface area contributed by atoms with E-state index in [2.05, 4.69) is 15.0 Å². The third-order valence-corrected chi connectivity index (χ3v) is 3.98. The van der Waals surface area contributed by atoms with Gasteiger partial charge in [0.25, 0.3) is 0 Å². The summed E-state index contributed by atoms with van der Waals surface area (Å²) in [5.41, 5.74) is 5.36. The summed E-state index contributed by atoms with van der Waals surface area (Å²) in [5.74, 6) is 1.41. The lowest BCUT2D eigenvalue weighted by Gasteiger charge is -2.36. The predicted octanol–water partition coefficient (Wildman–Crippen LogP) is 0.0700. The monoisotopic (exact) mass is 279 g/mol. The molecule has 0 bridgehead atoms. The first-order valence-corrected chi connectivity index (χ1v) is 7.07. The molecule has 2 saturated heterocycles. The van der Waals surface area contributed by atoms with E-state index in [9.17, 15) is 4.79 Å². The fourth-order valence-electron chi connectivity index (χ4n) is 2.84. The van der Waals surface area contributed by atoms with E-state index in [1.165, 1.54) is 0 Å². The average molecular weight is 279 g/mol. The number of hydrogen-bond donors (Lipinski definition) is 1. The van der Waals surface area contributed by atoms with Crippen molar-refractivity contribution in [3.8, 4) is 0 Å². The molecule has 20 heavy (non-hydrogen) atoms. The molecular formula is C13H21N5O2. The molecule has 2 aliphatic heterocycles. The number of nitrogens with two attached hydrogens (primary N) is 1. The highest BCUT2D eigenvalue weighted by Gasteiger charge is 2.35. The van der Waals surface area contributed by atoms with E-state index in [0.717, 1.165) is 26.1 Å². The van der Waals surface area contributed by atoms with Crippen LogP contribution in [0.25, 0.3) is 0 Å². The quantitative estimate of drug-likeness (QED) is 0.842. The molecule has 1 unspecified atom stereocenters. The number of aromatic nitrogens is 2. The van der Waals surface area contributed by atoms with Gasteiger partial charge in [-0.25, -0.2) is 0 Å². The molecule has 1 aromatic heterocycles. The van der Waals surface area contributed by atoms with Crippen molar-refractivity contribution >= 4 is 5.91 Å². The lowest BCUT2D eigenvalue weighted by atomic mass is 10.1. The van der Waals surface area contributed by atoms with Gasteiger partial charge in [-0.15, -0.1) is 0 Å². The van der Waals surface area contributed by atoms with Crippen LogP contribution in [0.2, 0.25) is 0 Å². The third-order valence-electron chi connectivity index (χ3n) is 3.98. The second kappa shape index (κ2) is 4.82. The number of amides is 1. The molecular weight excluding hydrogens is 258 g/mol. The van der Waals surface area contributed by atoms with E-state index in [1.54, 1.807) is 0 Å². The number of hydrogen-bond acceptors (Lipinski definition) is 6. The summed E-state index contributed by atoms with van der Waals surface area (Å²) in [6.45, 7) is 6.87. The molecule has 2 N–H and O–H groups in total. The van der Waals surface area contributed by atoms with E-state index in [0.29, 0.717) is 36.6 Å². The van der Waals surface area contributed by atoms with Gasteiger partial charge in [0, 0.05) is 32.1 Å². The zero-order valence-electron chi connectivity index (χ0n) is 12.0. The van der Waals surface area contributed by atoms with Crippen molar-refractivity contribution in [2.24, 2.45) is 5.73 Å². The van der Waals surface area contributed by atoms with Crippen LogP contribution < -0.4 is 5.73 Å². The summed E-state index contributed by atoms with van der Waals surface area (Å²) in [5, 5.41) is 3.93. The van der Waals surface area contributed by atoms with E-state index in [1.807, 2.05) is 18.7 Å². The SMILES string of the molecule is CC(C)(N)c1noc(CN2CCN3C(=O)CCC3C2)n1. The Morgan fingerprint density at radius 1 is 1.45 bits per heavy atom. The summed E-state index contributed by atoms with van der Waals surface area (Å²) >= 11 is 0. The molecule has 3 heterocycles. The molecule has 110 valence electrons. The number of piperazine rings is 1. The first kappa shape index (κ1) is 13.5. The average Bonchev–Trinajstić information content (AvgIpc) is 2.97. The Morgan fingerprint density at radius 3 is 2.95 bits per heavy atom. The fourth-order valence-corrected chi connectivity index (χ4v) is 2.84. The van der Waals surface area contributed by atoms with Crippen molar-refractivity contribution in [2.45, 2.75) is 44.8 Å². The molecule has 1 atom stereocenters. The Balaban J connectivity index is 1.62. The van der Waals surface area contributed by atoms with Crippen LogP contribution in [-0.2, 0) is 16.9 Å². The maximum atomic E-state index is 11.6. The summed E-state index contributed by atoms with van der Waals surface area (Å²) < 4.78 is 5.26. The molecule has 2 fully saturated rings. The summed E-state index contributed by atoms with van der Waals surface area (Å²) in [4.78, 5) is 20.3. The van der Waals surface area contributed by atoms with Crippen molar-refractivity contribution in [3.05, 3.63) is 11.7 Å². The normalized spacial score (nSPS) is 24.2. The Morgan fingerprint density at radius 2 is 2.25 bits per heavy atom. The van der Waals surface area contributed by atoms with Gasteiger partial charge < -0.3 is 15.2 Å². The number of rotatable bonds is 3. The highest BCUT2D eigenvalue weighted by Crippen LogP contribution is 2.23. The molecule has 7 heteroatoms. The Labute approximate surface area is 118 Å². The first-order valence-electron chi connectivity index (χ1n) is 7.07. The van der Waals surface area contributed by atoms with E-state index in [4.69, 9.17) is 10.3 Å². The molecule has 0 saturated carbocycles. The standard InChI is InChI=1S/C13H21N5O2/c1-13(2,14)12-15-10(20-16-12)8-17-5-6-18-9(7-17)3-4-11(18)19/h9H,3-8,14H2,1-2H3. The molecule has 7 nitrogen and oxygen atoms in total. The zero-order chi connectivity index (χ0) is 14.3. The van der Waals surface area contributed by atoms with Crippen LogP contribution in [0, 0.1) is 0 Å². The molecule has 1 aromatic rings. The second-order valence-electron chi connectivity index (χ2n) is 6.25. The van der Waals surface area contributed by atoms with Gasteiger partial charge in [0.05, 0.1) is 12.1 Å². The van der Waals surface area contributed by atoms with E-state index >= 15 is 0 Å². The minimum absolute atomic E-state index is 0.291. The number of carbonyl (C=O) groups excluding carboxylic acids is 1. The van der Waals surface area contributed by atoms with Gasteiger partial charge >= 0.3 is 0 Å². The first-order chi connectivity index (χ1) is 9.43. The lowest BCUT2D eigenvalue weighted by Crippen LogP contribution is -2.50. The van der Waals surface area contributed by atoms with Gasteiger partial charge in [-0.3, -0.25) is 9.69 Å². The van der Waals surface area contributed by atoms with Gasteiger partial charge in [0.1, 0.15) is 0 Å². The molecule has 3 rings (SSSR count). The minimum Gasteiger partial charge on any atom is -0.338 e.